The van der Waals surface area contributed by atoms with Crippen LogP contribution in [0.2, 0.25) is 0 Å². The second kappa shape index (κ2) is 4.59. The maximum atomic E-state index is 12.5. The Bertz CT molecular complexity index is 676. The Morgan fingerprint density at radius 2 is 1.85 bits per heavy atom. The summed E-state index contributed by atoms with van der Waals surface area (Å²) >= 11 is 0. The van der Waals surface area contributed by atoms with Gasteiger partial charge >= 0.3 is 0 Å². The fourth-order valence-electron chi connectivity index (χ4n) is 2.62. The predicted molar refractivity (Wildman–Crippen MR) is 74.3 cm³/mol. The summed E-state index contributed by atoms with van der Waals surface area (Å²) in [7, 11) is 0. The van der Waals surface area contributed by atoms with Crippen molar-refractivity contribution in [2.24, 2.45) is 0 Å². The van der Waals surface area contributed by atoms with Gasteiger partial charge in [0.2, 0.25) is 5.91 Å². The van der Waals surface area contributed by atoms with E-state index < -0.39 is 6.04 Å². The number of rotatable bonds is 2. The molecule has 102 valence electrons. The molecule has 0 aliphatic carbocycles. The molecule has 0 radical (unpaired) electrons. The van der Waals surface area contributed by atoms with Crippen LogP contribution in [0.3, 0.4) is 0 Å². The maximum Gasteiger partial charge on any atom is 0.259 e. The molecule has 1 aromatic carbocycles. The van der Waals surface area contributed by atoms with Crippen LogP contribution in [0.25, 0.3) is 0 Å². The number of hydrogen-bond donors (Lipinski definition) is 0. The summed E-state index contributed by atoms with van der Waals surface area (Å²) in [6.07, 6.45) is 0.162. The van der Waals surface area contributed by atoms with Crippen LogP contribution in [0.1, 0.15) is 23.9 Å². The molecule has 20 heavy (non-hydrogen) atoms. The highest BCUT2D eigenvalue weighted by atomic mass is 16.2. The van der Waals surface area contributed by atoms with Crippen LogP contribution in [-0.4, -0.2) is 21.6 Å². The first-order chi connectivity index (χ1) is 9.58. The van der Waals surface area contributed by atoms with Gasteiger partial charge in [0, 0.05) is 5.69 Å². The van der Waals surface area contributed by atoms with E-state index >= 15 is 0 Å². The van der Waals surface area contributed by atoms with Crippen molar-refractivity contribution < 1.29 is 9.59 Å². The molecule has 1 saturated heterocycles. The second-order valence-electron chi connectivity index (χ2n) is 4.99. The lowest BCUT2D eigenvalue weighted by Crippen LogP contribution is -2.31. The molecule has 0 bridgehead atoms. The highest BCUT2D eigenvalue weighted by Gasteiger charge is 2.41. The van der Waals surface area contributed by atoms with Crippen LogP contribution >= 0.6 is 0 Å². The Morgan fingerprint density at radius 1 is 1.15 bits per heavy atom. The zero-order valence-electron chi connectivity index (χ0n) is 11.4. The summed E-state index contributed by atoms with van der Waals surface area (Å²) < 4.78 is 1.65. The molecule has 1 aliphatic rings. The summed E-state index contributed by atoms with van der Waals surface area (Å²) in [5.74, 6) is -0.397. The molecule has 1 fully saturated rings. The Labute approximate surface area is 116 Å². The Kier molecular flexibility index (Phi) is 2.89. The molecule has 2 aromatic rings. The highest BCUT2D eigenvalue weighted by molar-refractivity contribution is 6.21. The van der Waals surface area contributed by atoms with Crippen LogP contribution < -0.4 is 4.90 Å². The van der Waals surface area contributed by atoms with Gasteiger partial charge in [-0.25, -0.2) is 4.90 Å². The van der Waals surface area contributed by atoms with E-state index in [-0.39, 0.29) is 18.2 Å². The van der Waals surface area contributed by atoms with Crippen molar-refractivity contribution in [2.45, 2.75) is 26.3 Å². The van der Waals surface area contributed by atoms with Gasteiger partial charge < -0.3 is 0 Å². The smallest absolute Gasteiger partial charge is 0.259 e. The standard InChI is InChI=1S/C15H15N3O2/c1-10-8-11(2)18(16-10)13-9-14(19)17(15(13)20)12-6-4-3-5-7-12/h3-8,13H,9H2,1-2H3/t13-/m0/s1. The molecule has 2 heterocycles. The number of aryl methyl sites for hydroxylation is 2. The van der Waals surface area contributed by atoms with Gasteiger partial charge in [-0.1, -0.05) is 18.2 Å². The molecule has 1 aromatic heterocycles. The van der Waals surface area contributed by atoms with Crippen LogP contribution in [-0.2, 0) is 9.59 Å². The first-order valence-electron chi connectivity index (χ1n) is 6.52. The van der Waals surface area contributed by atoms with Crippen molar-refractivity contribution in [3.63, 3.8) is 0 Å². The number of anilines is 1. The quantitative estimate of drug-likeness (QED) is 0.784. The zero-order valence-corrected chi connectivity index (χ0v) is 11.4. The van der Waals surface area contributed by atoms with Gasteiger partial charge in [-0.15, -0.1) is 0 Å². The Hall–Kier alpha value is -2.43. The van der Waals surface area contributed by atoms with Crippen LogP contribution in [0, 0.1) is 13.8 Å². The first kappa shape index (κ1) is 12.6. The summed E-state index contributed by atoms with van der Waals surface area (Å²) in [5.41, 5.74) is 2.36. The largest absolute Gasteiger partial charge is 0.274 e. The fraction of sp³-hybridized carbons (Fsp3) is 0.267. The van der Waals surface area contributed by atoms with Crippen molar-refractivity contribution in [3.05, 3.63) is 47.8 Å². The number of amides is 2. The number of imide groups is 1. The average molecular weight is 269 g/mol. The third-order valence-corrected chi connectivity index (χ3v) is 3.48. The van der Waals surface area contributed by atoms with Crippen molar-refractivity contribution in [1.29, 1.82) is 0 Å². The third-order valence-electron chi connectivity index (χ3n) is 3.48. The van der Waals surface area contributed by atoms with E-state index in [9.17, 15) is 9.59 Å². The molecule has 2 amide bonds. The number of para-hydroxylation sites is 1. The van der Waals surface area contributed by atoms with E-state index in [4.69, 9.17) is 0 Å². The van der Waals surface area contributed by atoms with E-state index in [1.54, 1.807) is 16.8 Å². The van der Waals surface area contributed by atoms with Gasteiger partial charge in [0.15, 0.2) is 0 Å². The van der Waals surface area contributed by atoms with Crippen LogP contribution in [0.4, 0.5) is 5.69 Å². The summed E-state index contributed by atoms with van der Waals surface area (Å²) in [6, 6.07) is 10.4. The molecular formula is C15H15N3O2. The van der Waals surface area contributed by atoms with Gasteiger partial charge in [0.25, 0.3) is 5.91 Å². The molecule has 1 aliphatic heterocycles. The molecule has 3 rings (SSSR count). The Balaban J connectivity index is 1.97. The Morgan fingerprint density at radius 3 is 2.45 bits per heavy atom. The monoisotopic (exact) mass is 269 g/mol. The molecule has 1 atom stereocenters. The number of aromatic nitrogens is 2. The molecule has 0 N–H and O–H groups in total. The molecule has 0 saturated carbocycles. The van der Waals surface area contributed by atoms with Gasteiger partial charge in [0.1, 0.15) is 6.04 Å². The second-order valence-corrected chi connectivity index (χ2v) is 4.99. The van der Waals surface area contributed by atoms with E-state index in [1.165, 1.54) is 4.90 Å². The maximum absolute atomic E-state index is 12.5. The van der Waals surface area contributed by atoms with E-state index in [0.717, 1.165) is 11.4 Å². The van der Waals surface area contributed by atoms with E-state index in [2.05, 4.69) is 5.10 Å². The SMILES string of the molecule is Cc1cc(C)n([C@H]2CC(=O)N(c3ccccc3)C2=O)n1. The van der Waals surface area contributed by atoms with Crippen molar-refractivity contribution in [3.8, 4) is 0 Å². The van der Waals surface area contributed by atoms with Gasteiger partial charge in [-0.05, 0) is 32.0 Å². The fourth-order valence-corrected chi connectivity index (χ4v) is 2.62. The lowest BCUT2D eigenvalue weighted by Gasteiger charge is -2.15. The minimum absolute atomic E-state index is 0.162. The van der Waals surface area contributed by atoms with E-state index in [0.29, 0.717) is 5.69 Å². The number of carbonyl (C=O) groups is 2. The lowest BCUT2D eigenvalue weighted by molar-refractivity contribution is -0.122. The average Bonchev–Trinajstić information content (AvgIpc) is 2.90. The van der Waals surface area contributed by atoms with Gasteiger partial charge in [0.05, 0.1) is 17.8 Å². The number of carbonyl (C=O) groups excluding carboxylic acids is 2. The summed E-state index contributed by atoms with van der Waals surface area (Å²) in [4.78, 5) is 25.9. The number of hydrogen-bond acceptors (Lipinski definition) is 3. The molecular weight excluding hydrogens is 254 g/mol. The van der Waals surface area contributed by atoms with Gasteiger partial charge in [-0.3, -0.25) is 14.3 Å². The highest BCUT2D eigenvalue weighted by Crippen LogP contribution is 2.29. The topological polar surface area (TPSA) is 55.2 Å². The third kappa shape index (κ3) is 1.91. The minimum Gasteiger partial charge on any atom is -0.274 e. The predicted octanol–water partition coefficient (Wildman–Crippen LogP) is 2.00. The van der Waals surface area contributed by atoms with Crippen LogP contribution in [0.15, 0.2) is 36.4 Å². The first-order valence-corrected chi connectivity index (χ1v) is 6.52. The zero-order chi connectivity index (χ0) is 14.3. The molecule has 5 nitrogen and oxygen atoms in total. The van der Waals surface area contributed by atoms with Crippen LogP contribution in [0.5, 0.6) is 0 Å². The summed E-state index contributed by atoms with van der Waals surface area (Å²) in [6.45, 7) is 3.77. The summed E-state index contributed by atoms with van der Waals surface area (Å²) in [5, 5.41) is 4.32. The van der Waals surface area contributed by atoms with Crippen molar-refractivity contribution >= 4 is 17.5 Å². The molecule has 0 unspecified atom stereocenters. The molecule has 5 heteroatoms. The van der Waals surface area contributed by atoms with Crippen molar-refractivity contribution in [2.75, 3.05) is 4.90 Å². The van der Waals surface area contributed by atoms with Crippen molar-refractivity contribution in [1.82, 2.24) is 9.78 Å². The number of nitrogens with zero attached hydrogens (tertiary/aromatic N) is 3. The molecule has 0 spiro atoms. The normalized spacial score (nSPS) is 18.9. The van der Waals surface area contributed by atoms with E-state index in [1.807, 2.05) is 38.1 Å². The minimum atomic E-state index is -0.531. The lowest BCUT2D eigenvalue weighted by atomic mass is 10.2. The number of benzene rings is 1. The van der Waals surface area contributed by atoms with Gasteiger partial charge in [-0.2, -0.15) is 5.10 Å².